The minimum atomic E-state index is -0.647. The van der Waals surface area contributed by atoms with Gasteiger partial charge in [0.25, 0.3) is 5.56 Å². The standard InChI is InChI=1S/C26H25ClFN8O/c1-34(2)32-33-35(3)22-9-4-16(27)14-19(22)15-12-17-5-10-23(36(17)25(37)13-15)21-8-7-20(30-21)18-6-11-24(29)31-26(18)28/h4,6-9,11-14,23,30H,1,5,10H2,2-3H3,(H2,29,31)/q+1. The highest BCUT2D eigenvalue weighted by molar-refractivity contribution is 6.31. The van der Waals surface area contributed by atoms with Crippen LogP contribution in [0.2, 0.25) is 5.02 Å². The molecule has 0 amide bonds. The Morgan fingerprint density at radius 3 is 2.78 bits per heavy atom. The van der Waals surface area contributed by atoms with Gasteiger partial charge in [0.1, 0.15) is 12.9 Å². The van der Waals surface area contributed by atoms with Gasteiger partial charge >= 0.3 is 0 Å². The minimum absolute atomic E-state index is 0.118. The molecule has 3 N–H and O–H groups in total. The van der Waals surface area contributed by atoms with Gasteiger partial charge in [-0.3, -0.25) is 4.79 Å². The Bertz CT molecular complexity index is 1610. The lowest BCUT2D eigenvalue weighted by Gasteiger charge is -2.16. The molecule has 4 heterocycles. The highest BCUT2D eigenvalue weighted by atomic mass is 35.5. The Kier molecular flexibility index (Phi) is 6.34. The number of aromatic nitrogens is 3. The molecule has 0 aliphatic carbocycles. The Morgan fingerprint density at radius 2 is 2.03 bits per heavy atom. The van der Waals surface area contributed by atoms with Gasteiger partial charge in [-0.1, -0.05) is 11.6 Å². The number of anilines is 2. The van der Waals surface area contributed by atoms with Crippen molar-refractivity contribution >= 4 is 29.8 Å². The molecule has 1 unspecified atom stereocenters. The summed E-state index contributed by atoms with van der Waals surface area (Å²) in [6.07, 6.45) is 1.44. The number of hydrogen-bond donors (Lipinski definition) is 2. The SMILES string of the molecule is C=[N+](C)N=NN(C)c1ccc(Cl)cc1-c1cc2n(c(=O)c1)C(c1ccc(-c3ccc(N)nc3F)[nH]1)CC2. The van der Waals surface area contributed by atoms with Crippen LogP contribution in [0.1, 0.15) is 23.9 Å². The summed E-state index contributed by atoms with van der Waals surface area (Å²) in [5, 5.41) is 10.2. The number of H-pyrrole nitrogens is 1. The third kappa shape index (κ3) is 4.75. The van der Waals surface area contributed by atoms with E-state index < -0.39 is 5.95 Å². The first-order valence-electron chi connectivity index (χ1n) is 11.6. The smallest absolute Gasteiger partial charge is 0.251 e. The van der Waals surface area contributed by atoms with Gasteiger partial charge in [0.2, 0.25) is 5.95 Å². The van der Waals surface area contributed by atoms with E-state index in [-0.39, 0.29) is 17.4 Å². The van der Waals surface area contributed by atoms with Crippen LogP contribution >= 0.6 is 11.6 Å². The van der Waals surface area contributed by atoms with Gasteiger partial charge in [-0.25, -0.2) is 4.98 Å². The van der Waals surface area contributed by atoms with Gasteiger partial charge in [-0.15, -0.1) is 4.68 Å². The summed E-state index contributed by atoms with van der Waals surface area (Å²) in [7, 11) is 3.44. The normalized spacial score (nSPS) is 14.8. The monoisotopic (exact) mass is 519 g/mol. The molecular formula is C26H25ClFN8O+. The minimum Gasteiger partial charge on any atom is -0.384 e. The fourth-order valence-corrected chi connectivity index (χ4v) is 4.83. The number of pyridine rings is 2. The summed E-state index contributed by atoms with van der Waals surface area (Å²) in [5.41, 5.74) is 10.3. The molecule has 1 aliphatic rings. The molecule has 0 saturated carbocycles. The maximum Gasteiger partial charge on any atom is 0.251 e. The second-order valence-corrected chi connectivity index (χ2v) is 9.36. The van der Waals surface area contributed by atoms with Crippen LogP contribution in [-0.2, 0) is 6.42 Å². The number of halogens is 2. The Balaban J connectivity index is 1.51. The lowest BCUT2D eigenvalue weighted by atomic mass is 10.0. The molecule has 1 aromatic carbocycles. The van der Waals surface area contributed by atoms with Gasteiger partial charge in [0.15, 0.2) is 10.4 Å². The van der Waals surface area contributed by atoms with Crippen LogP contribution in [0.5, 0.6) is 0 Å². The van der Waals surface area contributed by atoms with Crippen molar-refractivity contribution in [1.82, 2.24) is 14.5 Å². The molecule has 0 bridgehead atoms. The van der Waals surface area contributed by atoms with Crippen LogP contribution in [0.3, 0.4) is 0 Å². The first-order valence-corrected chi connectivity index (χ1v) is 12.0. The lowest BCUT2D eigenvalue weighted by molar-refractivity contribution is -0.503. The molecular weight excluding hydrogens is 495 g/mol. The quantitative estimate of drug-likeness (QED) is 0.124. The van der Waals surface area contributed by atoms with Crippen molar-refractivity contribution in [2.24, 2.45) is 10.4 Å². The summed E-state index contributed by atoms with van der Waals surface area (Å²) in [4.78, 5) is 20.4. The van der Waals surface area contributed by atoms with Crippen LogP contribution in [0.4, 0.5) is 15.9 Å². The first kappa shape index (κ1) is 24.4. The van der Waals surface area contributed by atoms with Crippen molar-refractivity contribution in [3.63, 3.8) is 0 Å². The van der Waals surface area contributed by atoms with Gasteiger partial charge in [-0.05, 0) is 66.9 Å². The number of aryl methyl sites for hydroxylation is 1. The fourth-order valence-electron chi connectivity index (χ4n) is 4.66. The van der Waals surface area contributed by atoms with Crippen molar-refractivity contribution in [3.8, 4) is 22.4 Å². The van der Waals surface area contributed by atoms with Gasteiger partial charge in [0.05, 0.1) is 36.8 Å². The number of benzene rings is 1. The number of aromatic amines is 1. The van der Waals surface area contributed by atoms with E-state index in [9.17, 15) is 9.18 Å². The average molecular weight is 520 g/mol. The number of nitrogens with zero attached hydrogens (tertiary/aromatic N) is 6. The molecule has 0 saturated heterocycles. The Morgan fingerprint density at radius 1 is 1.22 bits per heavy atom. The zero-order chi connectivity index (χ0) is 26.3. The van der Waals surface area contributed by atoms with E-state index in [4.69, 9.17) is 17.3 Å². The van der Waals surface area contributed by atoms with Gasteiger partial charge in [-0.2, -0.15) is 9.40 Å². The van der Waals surface area contributed by atoms with Gasteiger partial charge in [0, 0.05) is 28.0 Å². The third-order valence-electron chi connectivity index (χ3n) is 6.31. The summed E-state index contributed by atoms with van der Waals surface area (Å²) >= 11 is 6.32. The second-order valence-electron chi connectivity index (χ2n) is 8.92. The van der Waals surface area contributed by atoms with Crippen molar-refractivity contribution in [2.45, 2.75) is 18.9 Å². The number of rotatable bonds is 6. The van der Waals surface area contributed by atoms with E-state index in [1.54, 1.807) is 54.0 Å². The van der Waals surface area contributed by atoms with Crippen LogP contribution in [0.15, 0.2) is 69.8 Å². The van der Waals surface area contributed by atoms with Crippen LogP contribution in [0, 0.1) is 5.95 Å². The van der Waals surface area contributed by atoms with E-state index in [0.29, 0.717) is 22.7 Å². The zero-order valence-corrected chi connectivity index (χ0v) is 21.1. The highest BCUT2D eigenvalue weighted by Gasteiger charge is 2.27. The molecule has 37 heavy (non-hydrogen) atoms. The molecule has 9 nitrogen and oxygen atoms in total. The van der Waals surface area contributed by atoms with Crippen molar-refractivity contribution in [2.75, 3.05) is 24.8 Å². The van der Waals surface area contributed by atoms with E-state index in [1.807, 2.05) is 24.3 Å². The molecule has 0 fully saturated rings. The molecule has 1 atom stereocenters. The van der Waals surface area contributed by atoms with Crippen molar-refractivity contribution in [1.29, 1.82) is 0 Å². The Labute approximate surface area is 217 Å². The third-order valence-corrected chi connectivity index (χ3v) is 6.54. The van der Waals surface area contributed by atoms with Crippen LogP contribution in [0.25, 0.3) is 22.4 Å². The number of nitrogens with one attached hydrogen (secondary N) is 1. The topological polar surface area (TPSA) is 108 Å². The molecule has 4 aromatic rings. The van der Waals surface area contributed by atoms with E-state index >= 15 is 0 Å². The van der Waals surface area contributed by atoms with Crippen molar-refractivity contribution in [3.05, 3.63) is 87.3 Å². The van der Waals surface area contributed by atoms with Crippen molar-refractivity contribution < 1.29 is 9.07 Å². The zero-order valence-electron chi connectivity index (χ0n) is 20.3. The fraction of sp³-hybridized carbons (Fsp3) is 0.192. The number of nitrogens with two attached hydrogens (primary N) is 1. The van der Waals surface area contributed by atoms with Crippen LogP contribution < -0.4 is 16.3 Å². The summed E-state index contributed by atoms with van der Waals surface area (Å²) in [6.45, 7) is 3.66. The maximum absolute atomic E-state index is 14.3. The molecule has 0 spiro atoms. The van der Waals surface area contributed by atoms with E-state index in [0.717, 1.165) is 34.6 Å². The highest BCUT2D eigenvalue weighted by Crippen LogP contribution is 2.37. The number of nitrogen functional groups attached to an aromatic ring is 1. The van der Waals surface area contributed by atoms with E-state index in [1.165, 1.54) is 4.68 Å². The summed E-state index contributed by atoms with van der Waals surface area (Å²) in [5.74, 6) is -0.530. The molecule has 3 aromatic heterocycles. The van der Waals surface area contributed by atoms with E-state index in [2.05, 4.69) is 27.1 Å². The maximum atomic E-state index is 14.3. The lowest BCUT2D eigenvalue weighted by Crippen LogP contribution is -2.23. The molecule has 11 heteroatoms. The predicted molar refractivity (Wildman–Crippen MR) is 143 cm³/mol. The summed E-state index contributed by atoms with van der Waals surface area (Å²) in [6, 6.07) is 15.6. The Hall–Kier alpha value is -4.31. The van der Waals surface area contributed by atoms with Crippen LogP contribution in [-0.4, -0.2) is 40.0 Å². The van der Waals surface area contributed by atoms with Gasteiger partial charge < -0.3 is 15.3 Å². The number of fused-ring (bicyclic) bond motifs is 1. The largest absolute Gasteiger partial charge is 0.384 e. The second kappa shape index (κ2) is 9.62. The molecule has 5 rings (SSSR count). The molecule has 188 valence electrons. The first-order chi connectivity index (χ1) is 17.7. The molecule has 0 radical (unpaired) electrons. The predicted octanol–water partition coefficient (Wildman–Crippen LogP) is 4.88. The summed E-state index contributed by atoms with van der Waals surface area (Å²) < 4.78 is 17.5. The average Bonchev–Trinajstić information content (AvgIpc) is 3.50. The number of hydrogen-bond acceptors (Lipinski definition) is 5. The molecule has 1 aliphatic heterocycles.